The average molecular weight is 304 g/mol. The van der Waals surface area contributed by atoms with Gasteiger partial charge in [-0.25, -0.2) is 9.37 Å². The predicted molar refractivity (Wildman–Crippen MR) is 73.0 cm³/mol. The Morgan fingerprint density at radius 2 is 2.26 bits per heavy atom. The fourth-order valence-electron chi connectivity index (χ4n) is 1.83. The van der Waals surface area contributed by atoms with Crippen molar-refractivity contribution in [2.75, 3.05) is 7.05 Å². The standard InChI is InChI=1S/C12H12Cl2FN3O/c1-6(13)12-17-9-4-8(15)7(14)3-10(9)18(12)5-11(19)16-2/h3-4,6H,5H2,1-2H3,(H,16,19). The van der Waals surface area contributed by atoms with Crippen LogP contribution in [0.15, 0.2) is 12.1 Å². The van der Waals surface area contributed by atoms with Gasteiger partial charge in [0.2, 0.25) is 5.91 Å². The number of aromatic nitrogens is 2. The number of amides is 1. The molecule has 1 unspecified atom stereocenters. The first-order chi connectivity index (χ1) is 8.93. The van der Waals surface area contributed by atoms with E-state index in [1.54, 1.807) is 11.5 Å². The second kappa shape index (κ2) is 5.35. The zero-order chi connectivity index (χ0) is 14.2. The number of carbonyl (C=O) groups is 1. The second-order valence-corrected chi connectivity index (χ2v) is 5.16. The number of benzene rings is 1. The number of fused-ring (bicyclic) bond motifs is 1. The molecule has 7 heteroatoms. The third kappa shape index (κ3) is 2.67. The third-order valence-corrected chi connectivity index (χ3v) is 3.24. The molecule has 0 bridgehead atoms. The van der Waals surface area contributed by atoms with Gasteiger partial charge < -0.3 is 9.88 Å². The molecule has 4 nitrogen and oxygen atoms in total. The summed E-state index contributed by atoms with van der Waals surface area (Å²) >= 11 is 11.8. The zero-order valence-electron chi connectivity index (χ0n) is 10.4. The summed E-state index contributed by atoms with van der Waals surface area (Å²) in [6, 6.07) is 2.69. The number of halogens is 3. The Morgan fingerprint density at radius 3 is 2.84 bits per heavy atom. The van der Waals surface area contributed by atoms with Gasteiger partial charge in [0.05, 0.1) is 21.4 Å². The lowest BCUT2D eigenvalue weighted by Gasteiger charge is -2.09. The fraction of sp³-hybridized carbons (Fsp3) is 0.333. The van der Waals surface area contributed by atoms with Gasteiger partial charge in [0.15, 0.2) is 0 Å². The van der Waals surface area contributed by atoms with Gasteiger partial charge in [-0.3, -0.25) is 4.79 Å². The number of likely N-dealkylation sites (N-methyl/N-ethyl adjacent to an activating group) is 1. The van der Waals surface area contributed by atoms with Crippen LogP contribution in [-0.2, 0) is 11.3 Å². The lowest BCUT2D eigenvalue weighted by atomic mass is 10.3. The van der Waals surface area contributed by atoms with E-state index in [1.165, 1.54) is 19.2 Å². The molecule has 0 saturated carbocycles. The van der Waals surface area contributed by atoms with E-state index in [9.17, 15) is 9.18 Å². The Bertz CT molecular complexity index is 639. The Kier molecular flexibility index (Phi) is 3.96. The summed E-state index contributed by atoms with van der Waals surface area (Å²) in [5, 5.41) is 2.10. The Balaban J connectivity index is 2.65. The van der Waals surface area contributed by atoms with Crippen LogP contribution in [0.2, 0.25) is 5.02 Å². The maximum Gasteiger partial charge on any atom is 0.239 e. The number of hydrogen-bond donors (Lipinski definition) is 1. The monoisotopic (exact) mass is 303 g/mol. The normalized spacial score (nSPS) is 12.7. The Morgan fingerprint density at radius 1 is 1.58 bits per heavy atom. The molecule has 0 aliphatic carbocycles. The molecule has 1 amide bonds. The smallest absolute Gasteiger partial charge is 0.239 e. The molecular formula is C12H12Cl2FN3O. The van der Waals surface area contributed by atoms with Crippen molar-refractivity contribution in [3.8, 4) is 0 Å². The summed E-state index contributed by atoms with van der Waals surface area (Å²) in [6.07, 6.45) is 0. The van der Waals surface area contributed by atoms with Gasteiger partial charge >= 0.3 is 0 Å². The first kappa shape index (κ1) is 14.1. The van der Waals surface area contributed by atoms with Crippen LogP contribution in [-0.4, -0.2) is 22.5 Å². The number of hydrogen-bond acceptors (Lipinski definition) is 2. The van der Waals surface area contributed by atoms with Gasteiger partial charge in [-0.2, -0.15) is 0 Å². The van der Waals surface area contributed by atoms with Crippen molar-refractivity contribution in [2.45, 2.75) is 18.8 Å². The molecular weight excluding hydrogens is 292 g/mol. The Labute approximate surface area is 119 Å². The van der Waals surface area contributed by atoms with Crippen molar-refractivity contribution in [3.63, 3.8) is 0 Å². The van der Waals surface area contributed by atoms with Crippen LogP contribution in [0, 0.1) is 5.82 Å². The highest BCUT2D eigenvalue weighted by molar-refractivity contribution is 6.31. The van der Waals surface area contributed by atoms with Gasteiger partial charge in [0.1, 0.15) is 18.2 Å². The molecule has 0 aliphatic heterocycles. The number of rotatable bonds is 3. The number of alkyl halides is 1. The van der Waals surface area contributed by atoms with E-state index in [0.29, 0.717) is 16.9 Å². The lowest BCUT2D eigenvalue weighted by molar-refractivity contribution is -0.121. The van der Waals surface area contributed by atoms with E-state index in [-0.39, 0.29) is 17.5 Å². The first-order valence-corrected chi connectivity index (χ1v) is 6.45. The van der Waals surface area contributed by atoms with Crippen molar-refractivity contribution < 1.29 is 9.18 Å². The highest BCUT2D eigenvalue weighted by Crippen LogP contribution is 2.28. The first-order valence-electron chi connectivity index (χ1n) is 5.64. The third-order valence-electron chi connectivity index (χ3n) is 2.76. The fourth-order valence-corrected chi connectivity index (χ4v) is 2.16. The molecule has 0 aliphatic rings. The molecule has 2 rings (SSSR count). The van der Waals surface area contributed by atoms with Crippen LogP contribution in [0.25, 0.3) is 11.0 Å². The number of carbonyl (C=O) groups excluding carboxylic acids is 1. The summed E-state index contributed by atoms with van der Waals surface area (Å²) in [5.74, 6) is -0.243. The number of nitrogens with zero attached hydrogens (tertiary/aromatic N) is 2. The molecule has 0 radical (unpaired) electrons. The van der Waals surface area contributed by atoms with Crippen LogP contribution >= 0.6 is 23.2 Å². The minimum absolute atomic E-state index is 0.0145. The summed E-state index contributed by atoms with van der Waals surface area (Å²) in [4.78, 5) is 15.8. The van der Waals surface area contributed by atoms with Crippen molar-refractivity contribution in [1.82, 2.24) is 14.9 Å². The van der Waals surface area contributed by atoms with Crippen LogP contribution in [0.5, 0.6) is 0 Å². The van der Waals surface area contributed by atoms with Crippen LogP contribution in [0.1, 0.15) is 18.1 Å². The van der Waals surface area contributed by atoms with E-state index in [2.05, 4.69) is 10.3 Å². The minimum atomic E-state index is -0.549. The van der Waals surface area contributed by atoms with Crippen molar-refractivity contribution in [3.05, 3.63) is 28.8 Å². The van der Waals surface area contributed by atoms with Crippen LogP contribution < -0.4 is 5.32 Å². The summed E-state index contributed by atoms with van der Waals surface area (Å²) in [7, 11) is 1.54. The molecule has 1 heterocycles. The number of nitrogens with one attached hydrogen (secondary N) is 1. The average Bonchev–Trinajstić information content (AvgIpc) is 2.68. The summed E-state index contributed by atoms with van der Waals surface area (Å²) < 4.78 is 15.1. The van der Waals surface area contributed by atoms with Gasteiger partial charge in [-0.1, -0.05) is 11.6 Å². The van der Waals surface area contributed by atoms with Gasteiger partial charge in [0, 0.05) is 13.1 Å². The van der Waals surface area contributed by atoms with Crippen molar-refractivity contribution in [1.29, 1.82) is 0 Å². The van der Waals surface area contributed by atoms with Gasteiger partial charge in [-0.15, -0.1) is 11.6 Å². The van der Waals surface area contributed by atoms with E-state index >= 15 is 0 Å². The molecule has 1 N–H and O–H groups in total. The van der Waals surface area contributed by atoms with Crippen molar-refractivity contribution in [2.24, 2.45) is 0 Å². The molecule has 19 heavy (non-hydrogen) atoms. The minimum Gasteiger partial charge on any atom is -0.358 e. The molecule has 102 valence electrons. The van der Waals surface area contributed by atoms with Gasteiger partial charge in [0.25, 0.3) is 0 Å². The Hall–Kier alpha value is -1.33. The van der Waals surface area contributed by atoms with E-state index in [4.69, 9.17) is 23.2 Å². The molecule has 2 aromatic rings. The van der Waals surface area contributed by atoms with E-state index in [0.717, 1.165) is 0 Å². The van der Waals surface area contributed by atoms with E-state index in [1.807, 2.05) is 0 Å². The molecule has 0 saturated heterocycles. The highest BCUT2D eigenvalue weighted by Gasteiger charge is 2.18. The van der Waals surface area contributed by atoms with E-state index < -0.39 is 11.2 Å². The lowest BCUT2D eigenvalue weighted by Crippen LogP contribution is -2.24. The number of imidazole rings is 1. The second-order valence-electron chi connectivity index (χ2n) is 4.10. The molecule has 1 atom stereocenters. The van der Waals surface area contributed by atoms with Crippen LogP contribution in [0.3, 0.4) is 0 Å². The molecule has 1 aromatic heterocycles. The zero-order valence-corrected chi connectivity index (χ0v) is 11.9. The predicted octanol–water partition coefficient (Wildman–Crippen LogP) is 2.87. The highest BCUT2D eigenvalue weighted by atomic mass is 35.5. The molecule has 1 aromatic carbocycles. The maximum absolute atomic E-state index is 13.4. The maximum atomic E-state index is 13.4. The van der Waals surface area contributed by atoms with Gasteiger partial charge in [-0.05, 0) is 13.0 Å². The SMILES string of the molecule is CNC(=O)Cn1c(C(C)Cl)nc2cc(F)c(Cl)cc21. The summed E-state index contributed by atoms with van der Waals surface area (Å²) in [6.45, 7) is 1.79. The quantitative estimate of drug-likeness (QED) is 0.886. The van der Waals surface area contributed by atoms with Crippen molar-refractivity contribution >= 4 is 40.1 Å². The topological polar surface area (TPSA) is 46.9 Å². The largest absolute Gasteiger partial charge is 0.358 e. The summed E-state index contributed by atoms with van der Waals surface area (Å²) in [5.41, 5.74) is 1.01. The van der Waals surface area contributed by atoms with Crippen LogP contribution in [0.4, 0.5) is 4.39 Å². The molecule has 0 spiro atoms. The molecule has 0 fully saturated rings.